The molecule has 2 rings (SSSR count). The summed E-state index contributed by atoms with van der Waals surface area (Å²) in [5, 5.41) is 23.4. The minimum Gasteiger partial charge on any atom is -0.872 e. The Morgan fingerprint density at radius 1 is 1.45 bits per heavy atom. The van der Waals surface area contributed by atoms with Crippen molar-refractivity contribution in [3.8, 4) is 5.75 Å². The van der Waals surface area contributed by atoms with E-state index in [1.54, 1.807) is 0 Å². The number of nitrogens with zero attached hydrogens (tertiary/aromatic N) is 2. The SMILES string of the molecule is CSc1nsc(SCC(=O)Nc2ccc([O-])c(C(=O)O)c2)n1. The van der Waals surface area contributed by atoms with E-state index in [-0.39, 0.29) is 22.9 Å². The number of benzene rings is 1. The number of carboxylic acid groups (broad SMARTS) is 1. The van der Waals surface area contributed by atoms with E-state index in [2.05, 4.69) is 14.7 Å². The number of aromatic carboxylic acids is 1. The van der Waals surface area contributed by atoms with Gasteiger partial charge in [0.2, 0.25) is 11.1 Å². The van der Waals surface area contributed by atoms with Gasteiger partial charge in [-0.25, -0.2) is 9.78 Å². The van der Waals surface area contributed by atoms with E-state index < -0.39 is 11.7 Å². The molecule has 0 spiro atoms. The molecule has 1 amide bonds. The van der Waals surface area contributed by atoms with E-state index in [1.165, 1.54) is 41.1 Å². The van der Waals surface area contributed by atoms with Crippen LogP contribution in [-0.2, 0) is 4.79 Å². The molecule has 0 atom stereocenters. The van der Waals surface area contributed by atoms with Gasteiger partial charge in [-0.2, -0.15) is 4.37 Å². The third kappa shape index (κ3) is 4.36. The van der Waals surface area contributed by atoms with Gasteiger partial charge in [-0.1, -0.05) is 35.3 Å². The third-order valence-electron chi connectivity index (χ3n) is 2.39. The monoisotopic (exact) mass is 356 g/mol. The van der Waals surface area contributed by atoms with Crippen LogP contribution in [0.3, 0.4) is 0 Å². The fourth-order valence-electron chi connectivity index (χ4n) is 1.44. The van der Waals surface area contributed by atoms with Crippen LogP contribution < -0.4 is 10.4 Å². The van der Waals surface area contributed by atoms with Crippen LogP contribution in [0, 0.1) is 0 Å². The van der Waals surface area contributed by atoms with Crippen molar-refractivity contribution in [2.45, 2.75) is 9.50 Å². The van der Waals surface area contributed by atoms with Gasteiger partial charge in [-0.15, -0.1) is 0 Å². The van der Waals surface area contributed by atoms with E-state index in [0.29, 0.717) is 9.50 Å². The van der Waals surface area contributed by atoms with Gasteiger partial charge in [0.25, 0.3) is 0 Å². The lowest BCUT2D eigenvalue weighted by molar-refractivity contribution is -0.268. The zero-order valence-corrected chi connectivity index (χ0v) is 13.7. The van der Waals surface area contributed by atoms with Gasteiger partial charge in [-0.3, -0.25) is 4.79 Å². The van der Waals surface area contributed by atoms with Crippen molar-refractivity contribution < 1.29 is 19.8 Å². The standard InChI is InChI=1S/C12H11N3O4S3/c1-20-11-14-12(22-15-11)21-5-9(17)13-6-2-3-8(16)7(4-6)10(18)19/h2-4,16H,5H2,1H3,(H,13,17)(H,18,19)/p-1. The number of aromatic nitrogens is 2. The number of nitrogens with one attached hydrogen (secondary N) is 1. The highest BCUT2D eigenvalue weighted by Crippen LogP contribution is 2.24. The Morgan fingerprint density at radius 3 is 2.86 bits per heavy atom. The van der Waals surface area contributed by atoms with Crippen LogP contribution in [0.4, 0.5) is 5.69 Å². The molecule has 10 heteroatoms. The molecule has 0 saturated heterocycles. The van der Waals surface area contributed by atoms with Crippen molar-refractivity contribution in [3.05, 3.63) is 23.8 Å². The number of hydrogen-bond acceptors (Lipinski definition) is 8. The summed E-state index contributed by atoms with van der Waals surface area (Å²) in [4.78, 5) is 26.9. The Labute approximate surface area is 138 Å². The number of carbonyl (C=O) groups is 2. The summed E-state index contributed by atoms with van der Waals surface area (Å²) in [6, 6.07) is 3.62. The van der Waals surface area contributed by atoms with Gasteiger partial charge in [0.1, 0.15) is 0 Å². The van der Waals surface area contributed by atoms with Crippen molar-refractivity contribution >= 4 is 52.6 Å². The second-order valence-electron chi connectivity index (χ2n) is 3.90. The number of hydrogen-bond donors (Lipinski definition) is 2. The lowest BCUT2D eigenvalue weighted by Crippen LogP contribution is -2.15. The first-order valence-electron chi connectivity index (χ1n) is 5.84. The summed E-state index contributed by atoms with van der Waals surface area (Å²) in [5.74, 6) is -2.13. The van der Waals surface area contributed by atoms with Gasteiger partial charge in [0, 0.05) is 5.69 Å². The number of amides is 1. The second kappa shape index (κ2) is 7.47. The summed E-state index contributed by atoms with van der Waals surface area (Å²) < 4.78 is 4.76. The number of rotatable bonds is 6. The highest BCUT2D eigenvalue weighted by molar-refractivity contribution is 8.01. The first kappa shape index (κ1) is 16.6. The highest BCUT2D eigenvalue weighted by atomic mass is 32.2. The first-order valence-corrected chi connectivity index (χ1v) is 8.82. The van der Waals surface area contributed by atoms with E-state index in [9.17, 15) is 14.7 Å². The maximum absolute atomic E-state index is 11.8. The van der Waals surface area contributed by atoms with Crippen LogP contribution in [0.2, 0.25) is 0 Å². The maximum Gasteiger partial charge on any atom is 0.335 e. The van der Waals surface area contributed by atoms with Crippen LogP contribution in [0.15, 0.2) is 27.7 Å². The van der Waals surface area contributed by atoms with E-state index in [1.807, 2.05) is 6.26 Å². The van der Waals surface area contributed by atoms with Crippen molar-refractivity contribution in [2.75, 3.05) is 17.3 Å². The summed E-state index contributed by atoms with van der Waals surface area (Å²) in [5.41, 5.74) is -0.108. The van der Waals surface area contributed by atoms with Gasteiger partial charge in [0.15, 0.2) is 4.34 Å². The van der Waals surface area contributed by atoms with Gasteiger partial charge in [-0.05, 0) is 29.9 Å². The van der Waals surface area contributed by atoms with E-state index >= 15 is 0 Å². The quantitative estimate of drug-likeness (QED) is 0.752. The molecule has 0 fully saturated rings. The Hall–Kier alpha value is -1.78. The number of carboxylic acids is 1. The molecule has 0 bridgehead atoms. The molecular formula is C12H10N3O4S3-. The lowest BCUT2D eigenvalue weighted by atomic mass is 10.2. The first-order chi connectivity index (χ1) is 10.5. The predicted octanol–water partition coefficient (Wildman–Crippen LogP) is 1.76. The van der Waals surface area contributed by atoms with Crippen LogP contribution in [0.1, 0.15) is 10.4 Å². The molecule has 0 aliphatic rings. The molecule has 0 aliphatic heterocycles. The van der Waals surface area contributed by atoms with Crippen molar-refractivity contribution in [2.24, 2.45) is 0 Å². The summed E-state index contributed by atoms with van der Waals surface area (Å²) in [7, 11) is 0. The predicted molar refractivity (Wildman–Crippen MR) is 83.9 cm³/mol. The maximum atomic E-state index is 11.8. The Morgan fingerprint density at radius 2 is 2.23 bits per heavy atom. The molecule has 0 aliphatic carbocycles. The highest BCUT2D eigenvalue weighted by Gasteiger charge is 2.10. The smallest absolute Gasteiger partial charge is 0.335 e. The average molecular weight is 356 g/mol. The fourth-order valence-corrected chi connectivity index (χ4v) is 3.45. The second-order valence-corrected chi connectivity index (χ2v) is 6.65. The molecule has 2 N–H and O–H groups in total. The molecule has 1 aromatic carbocycles. The molecule has 2 aromatic rings. The molecular weight excluding hydrogens is 346 g/mol. The average Bonchev–Trinajstić information content (AvgIpc) is 2.95. The minimum absolute atomic E-state index is 0.116. The third-order valence-corrected chi connectivity index (χ3v) is 4.89. The number of carbonyl (C=O) groups excluding carboxylic acids is 1. The molecule has 1 aromatic heterocycles. The Balaban J connectivity index is 1.94. The largest absolute Gasteiger partial charge is 0.872 e. The normalized spacial score (nSPS) is 10.4. The molecule has 1 heterocycles. The molecule has 0 unspecified atom stereocenters. The van der Waals surface area contributed by atoms with Crippen molar-refractivity contribution in [3.63, 3.8) is 0 Å². The Bertz CT molecular complexity index is 705. The molecule has 0 saturated carbocycles. The van der Waals surface area contributed by atoms with Crippen LogP contribution in [0.25, 0.3) is 0 Å². The lowest BCUT2D eigenvalue weighted by Gasteiger charge is -2.12. The van der Waals surface area contributed by atoms with Crippen molar-refractivity contribution in [1.29, 1.82) is 0 Å². The summed E-state index contributed by atoms with van der Waals surface area (Å²) in [6.07, 6.45) is 1.86. The summed E-state index contributed by atoms with van der Waals surface area (Å²) in [6.45, 7) is 0. The van der Waals surface area contributed by atoms with Gasteiger partial charge >= 0.3 is 5.97 Å². The molecule has 22 heavy (non-hydrogen) atoms. The zero-order chi connectivity index (χ0) is 16.1. The fraction of sp³-hybridized carbons (Fsp3) is 0.167. The van der Waals surface area contributed by atoms with Crippen molar-refractivity contribution in [1.82, 2.24) is 9.36 Å². The van der Waals surface area contributed by atoms with E-state index in [0.717, 1.165) is 12.1 Å². The van der Waals surface area contributed by atoms with Crippen LogP contribution in [0.5, 0.6) is 5.75 Å². The summed E-state index contributed by atoms with van der Waals surface area (Å²) >= 11 is 3.87. The molecule has 7 nitrogen and oxygen atoms in total. The van der Waals surface area contributed by atoms with Crippen LogP contribution in [-0.4, -0.2) is 38.3 Å². The van der Waals surface area contributed by atoms with E-state index in [4.69, 9.17) is 5.11 Å². The number of thioether (sulfide) groups is 2. The molecule has 0 radical (unpaired) electrons. The zero-order valence-electron chi connectivity index (χ0n) is 11.2. The van der Waals surface area contributed by atoms with Gasteiger partial charge in [0.05, 0.1) is 11.3 Å². The van der Waals surface area contributed by atoms with Gasteiger partial charge < -0.3 is 15.5 Å². The Kier molecular flexibility index (Phi) is 5.63. The molecule has 116 valence electrons. The minimum atomic E-state index is -1.33. The topological polar surface area (TPSA) is 115 Å². The number of anilines is 1. The van der Waals surface area contributed by atoms with Crippen LogP contribution >= 0.6 is 35.1 Å².